The second-order valence-electron chi connectivity index (χ2n) is 2.55. The first-order valence-electron chi connectivity index (χ1n) is 3.65. The van der Waals surface area contributed by atoms with Gasteiger partial charge in [-0.15, -0.1) is 13.2 Å². The molecule has 0 fully saturated rings. The highest BCUT2D eigenvalue weighted by atomic mass is 79.9. The number of amides is 1. The zero-order chi connectivity index (χ0) is 11.6. The number of rotatable bonds is 2. The molecule has 0 spiro atoms. The summed E-state index contributed by atoms with van der Waals surface area (Å²) in [5, 5.41) is 0. The van der Waals surface area contributed by atoms with Crippen LogP contribution in [0.4, 0.5) is 13.2 Å². The lowest BCUT2D eigenvalue weighted by Gasteiger charge is -2.09. The number of hydrogen-bond donors (Lipinski definition) is 1. The molecule has 1 amide bonds. The smallest absolute Gasteiger partial charge is 0.406 e. The molecule has 3 nitrogen and oxygen atoms in total. The Bertz CT molecular complexity index is 392. The largest absolute Gasteiger partial charge is 0.573 e. The highest BCUT2D eigenvalue weighted by Gasteiger charge is 2.31. The molecule has 1 aromatic rings. The number of carbonyl (C=O) groups is 1. The molecule has 0 aromatic heterocycles. The molecule has 2 N–H and O–H groups in total. The number of hydrogen-bond acceptors (Lipinski definition) is 2. The Morgan fingerprint density at radius 3 is 2.40 bits per heavy atom. The topological polar surface area (TPSA) is 52.3 Å². The van der Waals surface area contributed by atoms with E-state index in [0.717, 1.165) is 18.2 Å². The lowest BCUT2D eigenvalue weighted by molar-refractivity contribution is -0.274. The van der Waals surface area contributed by atoms with E-state index in [-0.39, 0.29) is 10.0 Å². The summed E-state index contributed by atoms with van der Waals surface area (Å²) in [6, 6.07) is 3.18. The molecular formula is C8H5BrF3NO2. The molecule has 1 aromatic carbocycles. The molecule has 0 saturated heterocycles. The van der Waals surface area contributed by atoms with Gasteiger partial charge in [-0.25, -0.2) is 0 Å². The molecule has 0 saturated carbocycles. The summed E-state index contributed by atoms with van der Waals surface area (Å²) in [6.45, 7) is 0. The normalized spacial score (nSPS) is 11.2. The number of nitrogens with two attached hydrogens (primary N) is 1. The van der Waals surface area contributed by atoms with Crippen molar-refractivity contribution in [2.24, 2.45) is 5.73 Å². The Morgan fingerprint density at radius 2 is 2.00 bits per heavy atom. The predicted molar refractivity (Wildman–Crippen MR) is 49.3 cm³/mol. The van der Waals surface area contributed by atoms with Crippen LogP contribution in [0.1, 0.15) is 10.4 Å². The number of halogens is 4. The number of carbonyl (C=O) groups excluding carboxylic acids is 1. The van der Waals surface area contributed by atoms with Crippen molar-refractivity contribution in [3.05, 3.63) is 28.2 Å². The monoisotopic (exact) mass is 283 g/mol. The Kier molecular flexibility index (Phi) is 3.23. The first kappa shape index (κ1) is 11.8. The van der Waals surface area contributed by atoms with Crippen LogP contribution in [0.2, 0.25) is 0 Å². The molecule has 0 aliphatic heterocycles. The van der Waals surface area contributed by atoms with Gasteiger partial charge in [-0.1, -0.05) is 0 Å². The first-order chi connectivity index (χ1) is 6.79. The van der Waals surface area contributed by atoms with Crippen LogP contribution < -0.4 is 10.5 Å². The van der Waals surface area contributed by atoms with Gasteiger partial charge in [0.1, 0.15) is 5.75 Å². The van der Waals surface area contributed by atoms with Crippen LogP contribution in [-0.2, 0) is 0 Å². The van der Waals surface area contributed by atoms with Gasteiger partial charge in [0.25, 0.3) is 0 Å². The van der Waals surface area contributed by atoms with Crippen LogP contribution in [0.5, 0.6) is 5.75 Å². The Labute approximate surface area is 91.1 Å². The number of primary amides is 1. The fourth-order valence-electron chi connectivity index (χ4n) is 0.893. The number of benzene rings is 1. The van der Waals surface area contributed by atoms with Gasteiger partial charge in [0, 0.05) is 4.47 Å². The lowest BCUT2D eigenvalue weighted by atomic mass is 10.2. The molecule has 7 heteroatoms. The minimum Gasteiger partial charge on any atom is -0.406 e. The molecule has 0 heterocycles. The Hall–Kier alpha value is -1.24. The van der Waals surface area contributed by atoms with Crippen molar-refractivity contribution in [2.75, 3.05) is 0 Å². The van der Waals surface area contributed by atoms with E-state index in [1.165, 1.54) is 0 Å². The molecule has 15 heavy (non-hydrogen) atoms. The average molecular weight is 284 g/mol. The fourth-order valence-corrected chi connectivity index (χ4v) is 1.45. The van der Waals surface area contributed by atoms with E-state index < -0.39 is 18.0 Å². The highest BCUT2D eigenvalue weighted by molar-refractivity contribution is 9.10. The predicted octanol–water partition coefficient (Wildman–Crippen LogP) is 2.45. The van der Waals surface area contributed by atoms with Gasteiger partial charge in [-0.3, -0.25) is 4.79 Å². The summed E-state index contributed by atoms with van der Waals surface area (Å²) >= 11 is 2.91. The maximum Gasteiger partial charge on any atom is 0.573 e. The van der Waals surface area contributed by atoms with Crippen LogP contribution >= 0.6 is 15.9 Å². The van der Waals surface area contributed by atoms with Crippen molar-refractivity contribution in [2.45, 2.75) is 6.36 Å². The second kappa shape index (κ2) is 4.09. The number of alkyl halides is 3. The summed E-state index contributed by atoms with van der Waals surface area (Å²) in [5.41, 5.74) is 5.05. The molecular weight excluding hydrogens is 279 g/mol. The van der Waals surface area contributed by atoms with E-state index >= 15 is 0 Å². The van der Waals surface area contributed by atoms with Crippen molar-refractivity contribution in [3.63, 3.8) is 0 Å². The summed E-state index contributed by atoms with van der Waals surface area (Å²) in [5.74, 6) is -1.15. The highest BCUT2D eigenvalue weighted by Crippen LogP contribution is 2.27. The van der Waals surface area contributed by atoms with Gasteiger partial charge in [0.15, 0.2) is 0 Å². The third-order valence-corrected chi connectivity index (χ3v) is 2.10. The van der Waals surface area contributed by atoms with Gasteiger partial charge in [0.05, 0.1) is 5.56 Å². The summed E-state index contributed by atoms with van der Waals surface area (Å²) < 4.78 is 39.2. The maximum absolute atomic E-state index is 11.8. The van der Waals surface area contributed by atoms with Crippen LogP contribution in [-0.4, -0.2) is 12.3 Å². The van der Waals surface area contributed by atoms with Crippen molar-refractivity contribution in [3.8, 4) is 5.75 Å². The molecule has 1 rings (SSSR count). The van der Waals surface area contributed by atoms with Crippen LogP contribution in [0.15, 0.2) is 22.7 Å². The van der Waals surface area contributed by atoms with Crippen LogP contribution in [0, 0.1) is 0 Å². The Balaban J connectivity index is 2.97. The molecule has 0 aliphatic rings. The van der Waals surface area contributed by atoms with Crippen molar-refractivity contribution < 1.29 is 22.7 Å². The van der Waals surface area contributed by atoms with Crippen LogP contribution in [0.25, 0.3) is 0 Å². The van der Waals surface area contributed by atoms with Crippen molar-refractivity contribution in [1.29, 1.82) is 0 Å². The van der Waals surface area contributed by atoms with E-state index in [1.54, 1.807) is 0 Å². The van der Waals surface area contributed by atoms with Crippen molar-refractivity contribution in [1.82, 2.24) is 0 Å². The fraction of sp³-hybridized carbons (Fsp3) is 0.125. The Morgan fingerprint density at radius 1 is 1.40 bits per heavy atom. The second-order valence-corrected chi connectivity index (χ2v) is 3.41. The van der Waals surface area contributed by atoms with E-state index in [4.69, 9.17) is 5.73 Å². The quantitative estimate of drug-likeness (QED) is 0.906. The first-order valence-corrected chi connectivity index (χ1v) is 4.44. The third kappa shape index (κ3) is 3.43. The molecule has 82 valence electrons. The molecule has 0 aliphatic carbocycles. The van der Waals surface area contributed by atoms with Gasteiger partial charge in [-0.05, 0) is 34.1 Å². The lowest BCUT2D eigenvalue weighted by Crippen LogP contribution is -2.17. The van der Waals surface area contributed by atoms with Gasteiger partial charge in [-0.2, -0.15) is 0 Å². The van der Waals surface area contributed by atoms with Crippen molar-refractivity contribution >= 4 is 21.8 Å². The number of ether oxygens (including phenoxy) is 1. The maximum atomic E-state index is 11.8. The zero-order valence-electron chi connectivity index (χ0n) is 7.14. The van der Waals surface area contributed by atoms with E-state index in [0.29, 0.717) is 0 Å². The summed E-state index contributed by atoms with van der Waals surface area (Å²) in [6.07, 6.45) is -4.76. The molecule has 0 radical (unpaired) electrons. The van der Waals surface area contributed by atoms with E-state index in [2.05, 4.69) is 20.7 Å². The van der Waals surface area contributed by atoms with Crippen LogP contribution in [0.3, 0.4) is 0 Å². The van der Waals surface area contributed by atoms with E-state index in [1.807, 2.05) is 0 Å². The average Bonchev–Trinajstić information content (AvgIpc) is 1.99. The van der Waals surface area contributed by atoms with Gasteiger partial charge < -0.3 is 10.5 Å². The molecule has 0 atom stereocenters. The summed E-state index contributed by atoms with van der Waals surface area (Å²) in [4.78, 5) is 10.7. The molecule has 0 unspecified atom stereocenters. The third-order valence-electron chi connectivity index (χ3n) is 1.44. The van der Waals surface area contributed by atoms with E-state index in [9.17, 15) is 18.0 Å². The molecule has 0 bridgehead atoms. The SMILES string of the molecule is NC(=O)c1ccc(OC(F)(F)F)cc1Br. The minimum atomic E-state index is -4.76. The standard InChI is InChI=1S/C8H5BrF3NO2/c9-6-3-4(15-8(10,11)12)1-2-5(6)7(13)14/h1-3H,(H2,13,14). The van der Waals surface area contributed by atoms with Gasteiger partial charge in [0.2, 0.25) is 5.91 Å². The summed E-state index contributed by atoms with van der Waals surface area (Å²) in [7, 11) is 0. The zero-order valence-corrected chi connectivity index (χ0v) is 8.72. The van der Waals surface area contributed by atoms with Gasteiger partial charge >= 0.3 is 6.36 Å². The minimum absolute atomic E-state index is 0.0875.